The van der Waals surface area contributed by atoms with Gasteiger partial charge in [0, 0.05) is 29.3 Å². The van der Waals surface area contributed by atoms with E-state index in [4.69, 9.17) is 16.9 Å². The van der Waals surface area contributed by atoms with Gasteiger partial charge in [-0.25, -0.2) is 4.98 Å². The van der Waals surface area contributed by atoms with Crippen LogP contribution in [0.4, 0.5) is 5.82 Å². The van der Waals surface area contributed by atoms with Crippen LogP contribution in [0.3, 0.4) is 0 Å². The van der Waals surface area contributed by atoms with Crippen molar-refractivity contribution in [3.63, 3.8) is 0 Å². The molecule has 0 fully saturated rings. The fourth-order valence-electron chi connectivity index (χ4n) is 1.14. The van der Waals surface area contributed by atoms with E-state index < -0.39 is 5.91 Å². The van der Waals surface area contributed by atoms with Crippen molar-refractivity contribution < 1.29 is 4.79 Å². The maximum atomic E-state index is 11.6. The fourth-order valence-corrected chi connectivity index (χ4v) is 1.61. The van der Waals surface area contributed by atoms with Crippen LogP contribution in [0, 0.1) is 11.3 Å². The van der Waals surface area contributed by atoms with Crippen molar-refractivity contribution in [2.45, 2.75) is 6.42 Å². The van der Waals surface area contributed by atoms with Crippen LogP contribution < -0.4 is 10.6 Å². The second-order valence-corrected chi connectivity index (χ2v) is 4.77. The van der Waals surface area contributed by atoms with Crippen molar-refractivity contribution in [2.75, 3.05) is 17.7 Å². The number of hydrogen-bond acceptors (Lipinski definition) is 4. The van der Waals surface area contributed by atoms with Gasteiger partial charge in [-0.15, -0.1) is 11.6 Å². The molecular weight excluding hydrogens is 332 g/mol. The summed E-state index contributed by atoms with van der Waals surface area (Å²) in [7, 11) is 0. The summed E-state index contributed by atoms with van der Waals surface area (Å²) in [6.07, 6.45) is 3.59. The lowest BCUT2D eigenvalue weighted by Gasteiger charge is -2.03. The van der Waals surface area contributed by atoms with E-state index in [2.05, 4.69) is 31.5 Å². The molecule has 0 aliphatic carbocycles. The minimum Gasteiger partial charge on any atom is -0.351 e. The maximum absolute atomic E-state index is 11.6. The summed E-state index contributed by atoms with van der Waals surface area (Å²) >= 11 is 8.80. The summed E-state index contributed by atoms with van der Waals surface area (Å²) in [4.78, 5) is 15.7. The van der Waals surface area contributed by atoms with E-state index in [1.165, 1.54) is 6.20 Å². The first kappa shape index (κ1) is 15.5. The number of alkyl halides is 1. The summed E-state index contributed by atoms with van der Waals surface area (Å²) in [6.45, 7) is 0.441. The number of pyridine rings is 1. The molecule has 2 N–H and O–H groups in total. The molecule has 0 saturated heterocycles. The Kier molecular flexibility index (Phi) is 6.93. The number of carbonyl (C=O) groups excluding carboxylic acids is 1. The van der Waals surface area contributed by atoms with Crippen LogP contribution in [0.15, 0.2) is 34.6 Å². The molecule has 0 unspecified atom stereocenters. The maximum Gasteiger partial charge on any atom is 0.263 e. The Hall–Kier alpha value is -1.58. The number of aromatic nitrogens is 1. The quantitative estimate of drug-likeness (QED) is 0.360. The minimum atomic E-state index is -0.435. The molecule has 0 spiro atoms. The first-order valence-corrected chi connectivity index (χ1v) is 6.82. The van der Waals surface area contributed by atoms with Crippen LogP contribution in [0.2, 0.25) is 0 Å². The molecule has 19 heavy (non-hydrogen) atoms. The molecule has 0 radical (unpaired) electrons. The molecule has 0 aromatic carbocycles. The van der Waals surface area contributed by atoms with Gasteiger partial charge in [0.05, 0.1) is 0 Å². The standard InChI is InChI=1S/C12H12BrClN4O/c13-10-2-5-16-11(6-10)18-8-9(7-15)12(19)17-4-1-3-14/h2,5-6,8H,1,3-4H2,(H,16,18)(H,17,19)/b9-8-. The van der Waals surface area contributed by atoms with Crippen LogP contribution in [0.1, 0.15) is 6.42 Å². The lowest BCUT2D eigenvalue weighted by atomic mass is 10.3. The highest BCUT2D eigenvalue weighted by Crippen LogP contribution is 2.12. The number of nitrogens with zero attached hydrogens (tertiary/aromatic N) is 2. The average molecular weight is 344 g/mol. The third kappa shape index (κ3) is 5.73. The predicted molar refractivity (Wildman–Crippen MR) is 77.6 cm³/mol. The fraction of sp³-hybridized carbons (Fsp3) is 0.250. The molecule has 0 aliphatic heterocycles. The molecule has 0 aliphatic rings. The predicted octanol–water partition coefficient (Wildman–Crippen LogP) is 2.41. The number of hydrogen-bond donors (Lipinski definition) is 2. The number of carbonyl (C=O) groups is 1. The Labute approximate surface area is 124 Å². The molecule has 100 valence electrons. The van der Waals surface area contributed by atoms with E-state index in [1.54, 1.807) is 18.3 Å². The third-order valence-corrected chi connectivity index (χ3v) is 2.81. The summed E-state index contributed by atoms with van der Waals surface area (Å²) in [5, 5.41) is 14.3. The van der Waals surface area contributed by atoms with Gasteiger partial charge < -0.3 is 10.6 Å². The van der Waals surface area contributed by atoms with Crippen LogP contribution in [-0.4, -0.2) is 23.3 Å². The number of anilines is 1. The number of nitrogens with one attached hydrogen (secondary N) is 2. The minimum absolute atomic E-state index is 0.0173. The van der Waals surface area contributed by atoms with Gasteiger partial charge in [-0.2, -0.15) is 5.26 Å². The Morgan fingerprint density at radius 2 is 2.42 bits per heavy atom. The Morgan fingerprint density at radius 3 is 3.05 bits per heavy atom. The summed E-state index contributed by atoms with van der Waals surface area (Å²) in [5.74, 6) is 0.567. The van der Waals surface area contributed by atoms with Crippen molar-refractivity contribution in [3.8, 4) is 6.07 Å². The van der Waals surface area contributed by atoms with Crippen LogP contribution in [-0.2, 0) is 4.79 Å². The molecule has 0 bridgehead atoms. The van der Waals surface area contributed by atoms with Crippen molar-refractivity contribution >= 4 is 39.3 Å². The van der Waals surface area contributed by atoms with Crippen LogP contribution >= 0.6 is 27.5 Å². The zero-order chi connectivity index (χ0) is 14.1. The van der Waals surface area contributed by atoms with E-state index in [0.29, 0.717) is 24.7 Å². The van der Waals surface area contributed by atoms with E-state index in [9.17, 15) is 4.79 Å². The van der Waals surface area contributed by atoms with E-state index in [-0.39, 0.29) is 5.57 Å². The molecule has 7 heteroatoms. The SMILES string of the molecule is N#C/C(=C/Nc1cc(Br)ccn1)C(=O)NCCCCl. The molecule has 1 aromatic heterocycles. The highest BCUT2D eigenvalue weighted by atomic mass is 79.9. The first-order valence-electron chi connectivity index (χ1n) is 5.50. The van der Waals surface area contributed by atoms with Crippen molar-refractivity contribution in [1.29, 1.82) is 5.26 Å². The summed E-state index contributed by atoms with van der Waals surface area (Å²) < 4.78 is 0.850. The molecule has 0 atom stereocenters. The largest absolute Gasteiger partial charge is 0.351 e. The number of amides is 1. The Morgan fingerprint density at radius 1 is 1.63 bits per heavy atom. The zero-order valence-electron chi connectivity index (χ0n) is 9.99. The van der Waals surface area contributed by atoms with E-state index in [1.807, 2.05) is 6.07 Å². The third-order valence-electron chi connectivity index (χ3n) is 2.05. The van der Waals surface area contributed by atoms with Crippen molar-refractivity contribution in [3.05, 3.63) is 34.6 Å². The molecule has 1 aromatic rings. The van der Waals surface area contributed by atoms with Crippen LogP contribution in [0.25, 0.3) is 0 Å². The van der Waals surface area contributed by atoms with Gasteiger partial charge in [0.25, 0.3) is 5.91 Å². The van der Waals surface area contributed by atoms with Gasteiger partial charge >= 0.3 is 0 Å². The van der Waals surface area contributed by atoms with Gasteiger partial charge in [0.2, 0.25) is 0 Å². The molecule has 0 saturated carbocycles. The van der Waals surface area contributed by atoms with Gasteiger partial charge in [-0.1, -0.05) is 15.9 Å². The highest BCUT2D eigenvalue weighted by molar-refractivity contribution is 9.10. The Balaban J connectivity index is 2.62. The van der Waals surface area contributed by atoms with Gasteiger partial charge in [-0.3, -0.25) is 4.79 Å². The van der Waals surface area contributed by atoms with Gasteiger partial charge in [0.15, 0.2) is 0 Å². The first-order chi connectivity index (χ1) is 9.17. The number of halogens is 2. The lowest BCUT2D eigenvalue weighted by molar-refractivity contribution is -0.117. The average Bonchev–Trinajstić information content (AvgIpc) is 2.40. The monoisotopic (exact) mass is 342 g/mol. The Bertz CT molecular complexity index is 513. The highest BCUT2D eigenvalue weighted by Gasteiger charge is 2.07. The lowest BCUT2D eigenvalue weighted by Crippen LogP contribution is -2.26. The zero-order valence-corrected chi connectivity index (χ0v) is 12.3. The smallest absolute Gasteiger partial charge is 0.263 e. The van der Waals surface area contributed by atoms with Gasteiger partial charge in [0.1, 0.15) is 17.5 Å². The van der Waals surface area contributed by atoms with E-state index >= 15 is 0 Å². The second kappa shape index (κ2) is 8.51. The van der Waals surface area contributed by atoms with Crippen molar-refractivity contribution in [2.24, 2.45) is 0 Å². The second-order valence-electron chi connectivity index (χ2n) is 3.47. The number of nitriles is 1. The number of rotatable bonds is 6. The summed E-state index contributed by atoms with van der Waals surface area (Å²) in [6, 6.07) is 5.34. The normalized spacial score (nSPS) is 10.7. The van der Waals surface area contributed by atoms with Crippen molar-refractivity contribution in [1.82, 2.24) is 10.3 Å². The summed E-state index contributed by atoms with van der Waals surface area (Å²) in [5.41, 5.74) is -0.0173. The molecular formula is C12H12BrClN4O. The molecule has 1 heterocycles. The van der Waals surface area contributed by atoms with Gasteiger partial charge in [-0.05, 0) is 18.6 Å². The van der Waals surface area contributed by atoms with E-state index in [0.717, 1.165) is 4.47 Å². The molecule has 1 rings (SSSR count). The topological polar surface area (TPSA) is 77.8 Å². The molecule has 1 amide bonds. The molecule has 5 nitrogen and oxygen atoms in total. The van der Waals surface area contributed by atoms with Crippen LogP contribution in [0.5, 0.6) is 0 Å².